The minimum Gasteiger partial charge on any atom is -0.353 e. The molecule has 1 fully saturated rings. The van der Waals surface area contributed by atoms with Gasteiger partial charge >= 0.3 is 0 Å². The van der Waals surface area contributed by atoms with Gasteiger partial charge in [0.1, 0.15) is 12.2 Å². The molecule has 1 aliphatic rings. The molecule has 3 nitrogen and oxygen atoms in total. The molecule has 9 heavy (non-hydrogen) atoms. The monoisotopic (exact) mass is 128 g/mol. The van der Waals surface area contributed by atoms with Gasteiger partial charge in [-0.1, -0.05) is 0 Å². The molecule has 1 rings (SSSR count). The van der Waals surface area contributed by atoms with Gasteiger partial charge in [0.25, 0.3) is 0 Å². The van der Waals surface area contributed by atoms with Crippen LogP contribution in [-0.4, -0.2) is 23.8 Å². The van der Waals surface area contributed by atoms with Gasteiger partial charge in [0.2, 0.25) is 0 Å². The minimum absolute atomic E-state index is 0.0600. The number of epoxide rings is 1. The first-order valence-corrected chi connectivity index (χ1v) is 2.79. The van der Waals surface area contributed by atoms with E-state index in [2.05, 4.69) is 0 Å². The van der Waals surface area contributed by atoms with E-state index in [1.165, 1.54) is 13.8 Å². The zero-order valence-corrected chi connectivity index (χ0v) is 5.38. The topological polar surface area (TPSA) is 46.7 Å². The molecule has 2 unspecified atom stereocenters. The molecule has 0 aromatic rings. The van der Waals surface area contributed by atoms with Crippen molar-refractivity contribution in [3.63, 3.8) is 0 Å². The van der Waals surface area contributed by atoms with Gasteiger partial charge in [0.05, 0.1) is 0 Å². The molecule has 0 saturated carbocycles. The number of carbonyl (C=O) groups excluding carboxylic acids is 2. The van der Waals surface area contributed by atoms with Crippen molar-refractivity contribution in [2.24, 2.45) is 0 Å². The molecule has 3 heteroatoms. The molecule has 0 N–H and O–H groups in total. The van der Waals surface area contributed by atoms with Gasteiger partial charge in [0.15, 0.2) is 11.6 Å². The van der Waals surface area contributed by atoms with Crippen LogP contribution in [0.2, 0.25) is 0 Å². The number of hydrogen-bond acceptors (Lipinski definition) is 3. The van der Waals surface area contributed by atoms with Gasteiger partial charge in [-0.05, 0) is 13.8 Å². The fraction of sp³-hybridized carbons (Fsp3) is 0.667. The van der Waals surface area contributed by atoms with Gasteiger partial charge in [-0.15, -0.1) is 0 Å². The van der Waals surface area contributed by atoms with Crippen molar-refractivity contribution in [2.45, 2.75) is 26.1 Å². The molecule has 0 aromatic carbocycles. The Kier molecular flexibility index (Phi) is 1.37. The average molecular weight is 128 g/mol. The van der Waals surface area contributed by atoms with Crippen LogP contribution in [0.3, 0.4) is 0 Å². The normalized spacial score (nSPS) is 31.8. The Balaban J connectivity index is 2.42. The Labute approximate surface area is 53.0 Å². The fourth-order valence-electron chi connectivity index (χ4n) is 0.731. The lowest BCUT2D eigenvalue weighted by atomic mass is 10.2. The predicted octanol–water partition coefficient (Wildman–Crippen LogP) is -0.0682. The number of rotatable bonds is 2. The lowest BCUT2D eigenvalue weighted by Crippen LogP contribution is -2.10. The Morgan fingerprint density at radius 1 is 1.11 bits per heavy atom. The third-order valence-corrected chi connectivity index (χ3v) is 1.29. The molecular weight excluding hydrogens is 120 g/mol. The third kappa shape index (κ3) is 1.16. The van der Waals surface area contributed by atoms with Crippen LogP contribution in [0, 0.1) is 0 Å². The van der Waals surface area contributed by atoms with Crippen molar-refractivity contribution in [3.05, 3.63) is 0 Å². The maximum absolute atomic E-state index is 10.4. The van der Waals surface area contributed by atoms with Crippen LogP contribution in [-0.2, 0) is 14.3 Å². The highest BCUT2D eigenvalue weighted by Crippen LogP contribution is 2.22. The molecule has 1 aliphatic heterocycles. The highest BCUT2D eigenvalue weighted by atomic mass is 16.6. The highest BCUT2D eigenvalue weighted by Gasteiger charge is 2.45. The van der Waals surface area contributed by atoms with Crippen LogP contribution in [0.15, 0.2) is 0 Å². The van der Waals surface area contributed by atoms with E-state index in [0.29, 0.717) is 0 Å². The van der Waals surface area contributed by atoms with E-state index in [1.54, 1.807) is 0 Å². The smallest absolute Gasteiger partial charge is 0.161 e. The van der Waals surface area contributed by atoms with E-state index in [9.17, 15) is 9.59 Å². The second kappa shape index (κ2) is 1.92. The Hall–Kier alpha value is -0.700. The molecule has 0 radical (unpaired) electrons. The van der Waals surface area contributed by atoms with E-state index >= 15 is 0 Å². The van der Waals surface area contributed by atoms with Crippen molar-refractivity contribution in [1.29, 1.82) is 0 Å². The zero-order chi connectivity index (χ0) is 7.02. The average Bonchev–Trinajstić information content (AvgIpc) is 2.39. The van der Waals surface area contributed by atoms with Crippen molar-refractivity contribution in [1.82, 2.24) is 0 Å². The van der Waals surface area contributed by atoms with Gasteiger partial charge in [-0.3, -0.25) is 9.59 Å². The Morgan fingerprint density at radius 2 is 1.44 bits per heavy atom. The van der Waals surface area contributed by atoms with Crippen LogP contribution in [0.25, 0.3) is 0 Å². The van der Waals surface area contributed by atoms with Crippen molar-refractivity contribution >= 4 is 11.6 Å². The predicted molar refractivity (Wildman–Crippen MR) is 30.0 cm³/mol. The summed E-state index contributed by atoms with van der Waals surface area (Å²) < 4.78 is 4.74. The first-order chi connectivity index (χ1) is 4.13. The molecule has 0 aromatic heterocycles. The highest BCUT2D eigenvalue weighted by molar-refractivity contribution is 5.94. The van der Waals surface area contributed by atoms with E-state index in [4.69, 9.17) is 4.74 Å². The van der Waals surface area contributed by atoms with E-state index < -0.39 is 12.2 Å². The number of carbonyl (C=O) groups is 2. The zero-order valence-electron chi connectivity index (χ0n) is 5.38. The molecule has 1 saturated heterocycles. The van der Waals surface area contributed by atoms with E-state index in [0.717, 1.165) is 0 Å². The summed E-state index contributed by atoms with van der Waals surface area (Å²) >= 11 is 0. The number of Topliss-reactive ketones (excluding diaryl/α,β-unsaturated/α-hetero) is 2. The first kappa shape index (κ1) is 6.42. The SMILES string of the molecule is CC(=O)C1OC1C(C)=O. The first-order valence-electron chi connectivity index (χ1n) is 2.79. The lowest BCUT2D eigenvalue weighted by molar-refractivity contribution is -0.120. The minimum atomic E-state index is -0.428. The Morgan fingerprint density at radius 3 is 1.56 bits per heavy atom. The fourth-order valence-corrected chi connectivity index (χ4v) is 0.731. The summed E-state index contributed by atoms with van der Waals surface area (Å²) in [5, 5.41) is 0. The summed E-state index contributed by atoms with van der Waals surface area (Å²) in [6.45, 7) is 2.85. The maximum atomic E-state index is 10.4. The van der Waals surface area contributed by atoms with Gasteiger partial charge in [0, 0.05) is 0 Å². The van der Waals surface area contributed by atoms with Crippen LogP contribution in [0.1, 0.15) is 13.8 Å². The van der Waals surface area contributed by atoms with Crippen LogP contribution in [0.5, 0.6) is 0 Å². The molecule has 0 amide bonds. The van der Waals surface area contributed by atoms with Crippen molar-refractivity contribution < 1.29 is 14.3 Å². The summed E-state index contributed by atoms with van der Waals surface area (Å²) in [7, 11) is 0. The molecule has 2 atom stereocenters. The maximum Gasteiger partial charge on any atom is 0.161 e. The van der Waals surface area contributed by atoms with Crippen LogP contribution in [0.4, 0.5) is 0 Å². The number of ketones is 2. The summed E-state index contributed by atoms with van der Waals surface area (Å²) in [4.78, 5) is 20.9. The van der Waals surface area contributed by atoms with Gasteiger partial charge < -0.3 is 4.74 Å². The molecule has 50 valence electrons. The summed E-state index contributed by atoms with van der Waals surface area (Å²) in [5.74, 6) is -0.120. The number of hydrogen-bond donors (Lipinski definition) is 0. The van der Waals surface area contributed by atoms with Crippen molar-refractivity contribution in [2.75, 3.05) is 0 Å². The van der Waals surface area contributed by atoms with Crippen molar-refractivity contribution in [3.8, 4) is 0 Å². The molecule has 0 spiro atoms. The summed E-state index contributed by atoms with van der Waals surface area (Å²) in [6.07, 6.45) is -0.856. The van der Waals surface area contributed by atoms with E-state index in [1.807, 2.05) is 0 Å². The molecule has 0 aliphatic carbocycles. The molecular formula is C6H8O3. The molecule has 0 bridgehead atoms. The summed E-state index contributed by atoms with van der Waals surface area (Å²) in [5.41, 5.74) is 0. The largest absolute Gasteiger partial charge is 0.353 e. The van der Waals surface area contributed by atoms with Gasteiger partial charge in [-0.25, -0.2) is 0 Å². The van der Waals surface area contributed by atoms with Gasteiger partial charge in [-0.2, -0.15) is 0 Å². The molecule has 1 heterocycles. The second-order valence-electron chi connectivity index (χ2n) is 2.20. The second-order valence-corrected chi connectivity index (χ2v) is 2.20. The Bertz CT molecular complexity index is 144. The lowest BCUT2D eigenvalue weighted by Gasteiger charge is -1.79. The van der Waals surface area contributed by atoms with Crippen LogP contribution < -0.4 is 0 Å². The quantitative estimate of drug-likeness (QED) is 0.489. The van der Waals surface area contributed by atoms with Crippen LogP contribution >= 0.6 is 0 Å². The number of ether oxygens (including phenoxy) is 1. The third-order valence-electron chi connectivity index (χ3n) is 1.29. The standard InChI is InChI=1S/C6H8O3/c1-3(7)5-6(9-5)4(2)8/h5-6H,1-2H3. The summed E-state index contributed by atoms with van der Waals surface area (Å²) in [6, 6.07) is 0. The van der Waals surface area contributed by atoms with E-state index in [-0.39, 0.29) is 11.6 Å².